The zero-order valence-electron chi connectivity index (χ0n) is 10.4. The molecule has 0 aliphatic carbocycles. The van der Waals surface area contributed by atoms with Crippen molar-refractivity contribution in [3.63, 3.8) is 0 Å². The Morgan fingerprint density at radius 1 is 1.14 bits per heavy atom. The summed E-state index contributed by atoms with van der Waals surface area (Å²) in [5, 5.41) is 9.18. The second-order valence-electron chi connectivity index (χ2n) is 4.00. The Morgan fingerprint density at radius 2 is 1.81 bits per heavy atom. The van der Waals surface area contributed by atoms with E-state index >= 15 is 0 Å². The van der Waals surface area contributed by atoms with E-state index in [1.54, 1.807) is 6.07 Å². The Bertz CT molecular complexity index is 808. The molecular weight excluding hydrogens is 382 g/mol. The van der Waals surface area contributed by atoms with Gasteiger partial charge in [-0.1, -0.05) is 29.8 Å². The Morgan fingerprint density at radius 3 is 2.43 bits per heavy atom. The second-order valence-corrected chi connectivity index (χ2v) is 6.92. The molecule has 0 radical (unpaired) electrons. The smallest absolute Gasteiger partial charge is 0.337 e. The van der Waals surface area contributed by atoms with Crippen molar-refractivity contribution in [3.8, 4) is 0 Å². The highest BCUT2D eigenvalue weighted by atomic mass is 79.9. The monoisotopic (exact) mass is 389 g/mol. The zero-order valence-corrected chi connectivity index (χ0v) is 13.5. The van der Waals surface area contributed by atoms with Gasteiger partial charge in [0.2, 0.25) is 0 Å². The first-order chi connectivity index (χ1) is 9.83. The van der Waals surface area contributed by atoms with Crippen LogP contribution in [0.1, 0.15) is 10.4 Å². The number of halogens is 2. The maximum absolute atomic E-state index is 12.3. The first-order valence-corrected chi connectivity index (χ1v) is 8.27. The molecule has 21 heavy (non-hydrogen) atoms. The van der Waals surface area contributed by atoms with E-state index in [2.05, 4.69) is 20.7 Å². The van der Waals surface area contributed by atoms with Gasteiger partial charge in [0.1, 0.15) is 4.90 Å². The van der Waals surface area contributed by atoms with Crippen LogP contribution in [0.25, 0.3) is 0 Å². The van der Waals surface area contributed by atoms with Gasteiger partial charge in [0, 0.05) is 4.47 Å². The largest absolute Gasteiger partial charge is 0.478 e. The van der Waals surface area contributed by atoms with Crippen molar-refractivity contribution in [1.29, 1.82) is 0 Å². The Hall–Kier alpha value is -1.57. The lowest BCUT2D eigenvalue weighted by Crippen LogP contribution is -2.16. The third kappa shape index (κ3) is 3.37. The Kier molecular flexibility index (Phi) is 4.55. The normalized spacial score (nSPS) is 11.1. The summed E-state index contributed by atoms with van der Waals surface area (Å²) in [5.74, 6) is -1.24. The number of rotatable bonds is 4. The number of carboxylic acid groups (broad SMARTS) is 1. The summed E-state index contributed by atoms with van der Waals surface area (Å²) in [6, 6.07) is 10.2. The molecule has 0 aliphatic heterocycles. The SMILES string of the molecule is O=C(O)c1cccc(Br)c1NS(=O)(=O)c1ccccc1Cl. The quantitative estimate of drug-likeness (QED) is 0.835. The molecular formula is C13H9BrClNO4S. The average Bonchev–Trinajstić information content (AvgIpc) is 2.41. The predicted octanol–water partition coefficient (Wildman–Crippen LogP) is 3.60. The molecule has 0 heterocycles. The van der Waals surface area contributed by atoms with E-state index in [1.165, 1.54) is 36.4 Å². The van der Waals surface area contributed by atoms with E-state index in [-0.39, 0.29) is 21.2 Å². The van der Waals surface area contributed by atoms with E-state index < -0.39 is 16.0 Å². The molecule has 0 spiro atoms. The van der Waals surface area contributed by atoms with Crippen LogP contribution < -0.4 is 4.72 Å². The summed E-state index contributed by atoms with van der Waals surface area (Å²) in [6.45, 7) is 0. The van der Waals surface area contributed by atoms with Crippen LogP contribution in [0, 0.1) is 0 Å². The van der Waals surface area contributed by atoms with Gasteiger partial charge < -0.3 is 5.11 Å². The number of para-hydroxylation sites is 1. The summed E-state index contributed by atoms with van der Waals surface area (Å²) < 4.78 is 27.3. The minimum atomic E-state index is -4.00. The van der Waals surface area contributed by atoms with Crippen LogP contribution in [0.3, 0.4) is 0 Å². The second kappa shape index (κ2) is 6.05. The first kappa shape index (κ1) is 15.8. The molecule has 0 atom stereocenters. The predicted molar refractivity (Wildman–Crippen MR) is 83.4 cm³/mol. The minimum Gasteiger partial charge on any atom is -0.478 e. The highest BCUT2D eigenvalue weighted by Gasteiger charge is 2.22. The van der Waals surface area contributed by atoms with Crippen molar-refractivity contribution in [1.82, 2.24) is 0 Å². The number of benzene rings is 2. The highest BCUT2D eigenvalue weighted by Crippen LogP contribution is 2.30. The number of nitrogens with one attached hydrogen (secondary N) is 1. The molecule has 0 aromatic heterocycles. The topological polar surface area (TPSA) is 83.5 Å². The molecule has 2 aromatic carbocycles. The van der Waals surface area contributed by atoms with Gasteiger partial charge in [0.15, 0.2) is 0 Å². The molecule has 0 unspecified atom stereocenters. The van der Waals surface area contributed by atoms with Crippen molar-refractivity contribution in [2.24, 2.45) is 0 Å². The standard InChI is InChI=1S/C13H9BrClNO4S/c14-9-5-3-4-8(13(17)18)12(9)16-21(19,20)11-7-2-1-6-10(11)15/h1-7,16H,(H,17,18). The van der Waals surface area contributed by atoms with E-state index in [0.29, 0.717) is 4.47 Å². The fourth-order valence-corrected chi connectivity index (χ4v) is 3.88. The van der Waals surface area contributed by atoms with Crippen LogP contribution in [0.2, 0.25) is 5.02 Å². The Labute approximate surface area is 134 Å². The van der Waals surface area contributed by atoms with Gasteiger partial charge in [-0.25, -0.2) is 13.2 Å². The van der Waals surface area contributed by atoms with Gasteiger partial charge in [-0.3, -0.25) is 4.72 Å². The maximum atomic E-state index is 12.3. The number of anilines is 1. The van der Waals surface area contributed by atoms with Crippen LogP contribution in [0.5, 0.6) is 0 Å². The number of carbonyl (C=O) groups is 1. The Balaban J connectivity index is 2.52. The van der Waals surface area contributed by atoms with Crippen LogP contribution in [0.4, 0.5) is 5.69 Å². The lowest BCUT2D eigenvalue weighted by atomic mass is 10.2. The first-order valence-electron chi connectivity index (χ1n) is 5.62. The van der Waals surface area contributed by atoms with Crippen molar-refractivity contribution < 1.29 is 18.3 Å². The summed E-state index contributed by atoms with van der Waals surface area (Å²) in [4.78, 5) is 11.1. The third-order valence-corrected chi connectivity index (χ3v) is 5.12. The molecule has 2 rings (SSSR count). The number of aromatic carboxylic acids is 1. The number of hydrogen-bond donors (Lipinski definition) is 2. The summed E-state index contributed by atoms with van der Waals surface area (Å²) >= 11 is 9.01. The van der Waals surface area contributed by atoms with E-state index in [0.717, 1.165) is 0 Å². The van der Waals surface area contributed by atoms with Crippen molar-refractivity contribution >= 4 is 49.2 Å². The molecule has 2 N–H and O–H groups in total. The molecule has 8 heteroatoms. The molecule has 0 bridgehead atoms. The van der Waals surface area contributed by atoms with Gasteiger partial charge in [-0.05, 0) is 40.2 Å². The van der Waals surface area contributed by atoms with E-state index in [4.69, 9.17) is 16.7 Å². The lowest BCUT2D eigenvalue weighted by molar-refractivity contribution is 0.0698. The van der Waals surface area contributed by atoms with Gasteiger partial charge in [-0.15, -0.1) is 0 Å². The van der Waals surface area contributed by atoms with Gasteiger partial charge >= 0.3 is 5.97 Å². The van der Waals surface area contributed by atoms with Gasteiger partial charge in [0.25, 0.3) is 10.0 Å². The molecule has 0 saturated heterocycles. The fraction of sp³-hybridized carbons (Fsp3) is 0. The maximum Gasteiger partial charge on any atom is 0.337 e. The van der Waals surface area contributed by atoms with Gasteiger partial charge in [-0.2, -0.15) is 0 Å². The molecule has 110 valence electrons. The summed E-state index contributed by atoms with van der Waals surface area (Å²) in [7, 11) is -4.00. The molecule has 0 fully saturated rings. The third-order valence-electron chi connectivity index (χ3n) is 2.61. The number of hydrogen-bond acceptors (Lipinski definition) is 3. The van der Waals surface area contributed by atoms with E-state index in [1.807, 2.05) is 0 Å². The van der Waals surface area contributed by atoms with Crippen molar-refractivity contribution in [2.75, 3.05) is 4.72 Å². The van der Waals surface area contributed by atoms with E-state index in [9.17, 15) is 13.2 Å². The number of sulfonamides is 1. The molecule has 0 saturated carbocycles. The fourth-order valence-electron chi connectivity index (χ4n) is 1.66. The number of carboxylic acids is 1. The molecule has 0 amide bonds. The summed E-state index contributed by atoms with van der Waals surface area (Å²) in [5.41, 5.74) is -0.218. The minimum absolute atomic E-state index is 0.0499. The van der Waals surface area contributed by atoms with Crippen LogP contribution in [-0.2, 0) is 10.0 Å². The van der Waals surface area contributed by atoms with Crippen LogP contribution >= 0.6 is 27.5 Å². The highest BCUT2D eigenvalue weighted by molar-refractivity contribution is 9.10. The zero-order chi connectivity index (χ0) is 15.6. The van der Waals surface area contributed by atoms with Crippen molar-refractivity contribution in [3.05, 3.63) is 57.5 Å². The average molecular weight is 391 g/mol. The van der Waals surface area contributed by atoms with Crippen molar-refractivity contribution in [2.45, 2.75) is 4.90 Å². The summed E-state index contributed by atoms with van der Waals surface area (Å²) in [6.07, 6.45) is 0. The van der Waals surface area contributed by atoms with Crippen LogP contribution in [-0.4, -0.2) is 19.5 Å². The molecule has 0 aliphatic rings. The van der Waals surface area contributed by atoms with Crippen LogP contribution in [0.15, 0.2) is 51.8 Å². The molecule has 5 nitrogen and oxygen atoms in total. The molecule has 2 aromatic rings. The van der Waals surface area contributed by atoms with Gasteiger partial charge in [0.05, 0.1) is 16.3 Å². The lowest BCUT2D eigenvalue weighted by Gasteiger charge is -2.13.